The van der Waals surface area contributed by atoms with Crippen molar-refractivity contribution >= 4 is 5.69 Å². The van der Waals surface area contributed by atoms with Crippen molar-refractivity contribution in [3.63, 3.8) is 0 Å². The van der Waals surface area contributed by atoms with Gasteiger partial charge in [0, 0.05) is 23.6 Å². The van der Waals surface area contributed by atoms with Crippen LogP contribution in [0.3, 0.4) is 0 Å². The van der Waals surface area contributed by atoms with Crippen molar-refractivity contribution < 1.29 is 9.84 Å². The van der Waals surface area contributed by atoms with E-state index in [1.807, 2.05) is 24.3 Å². The summed E-state index contributed by atoms with van der Waals surface area (Å²) < 4.78 is 5.50. The summed E-state index contributed by atoms with van der Waals surface area (Å²) in [7, 11) is 0. The Kier molecular flexibility index (Phi) is 4.36. The molecule has 0 bridgehead atoms. The van der Waals surface area contributed by atoms with Gasteiger partial charge in [-0.05, 0) is 30.2 Å². The lowest BCUT2D eigenvalue weighted by molar-refractivity contribution is 0.220. The fraction of sp³-hybridized carbons (Fsp3) is 0.267. The summed E-state index contributed by atoms with van der Waals surface area (Å²) in [6, 6.07) is 9.04. The van der Waals surface area contributed by atoms with E-state index in [-0.39, 0.29) is 0 Å². The Balaban J connectivity index is 2.16. The second-order valence-electron chi connectivity index (χ2n) is 4.32. The number of ether oxygens (including phenoxy) is 1. The molecule has 1 heterocycles. The predicted octanol–water partition coefficient (Wildman–Crippen LogP) is 2.53. The minimum atomic E-state index is -0.770. The van der Waals surface area contributed by atoms with Gasteiger partial charge in [0.05, 0.1) is 6.61 Å². The Labute approximate surface area is 112 Å². The second-order valence-corrected chi connectivity index (χ2v) is 4.32. The zero-order valence-electron chi connectivity index (χ0n) is 10.9. The summed E-state index contributed by atoms with van der Waals surface area (Å²) in [5.41, 5.74) is 7.75. The number of aliphatic hydroxyl groups is 1. The van der Waals surface area contributed by atoms with Crippen molar-refractivity contribution in [2.75, 3.05) is 12.3 Å². The Bertz CT molecular complexity index is 526. The first-order chi connectivity index (χ1) is 9.22. The molecule has 100 valence electrons. The monoisotopic (exact) mass is 258 g/mol. The highest BCUT2D eigenvalue weighted by Gasteiger charge is 2.13. The number of pyridine rings is 1. The number of hydrogen-bond donors (Lipinski definition) is 2. The van der Waals surface area contributed by atoms with Crippen LogP contribution in [0.15, 0.2) is 42.7 Å². The SMILES string of the molecule is CCCOc1ccc(C(O)c2cnccc2N)cc1. The van der Waals surface area contributed by atoms with Crippen LogP contribution in [0.4, 0.5) is 5.69 Å². The average molecular weight is 258 g/mol. The molecule has 1 aromatic carbocycles. The average Bonchev–Trinajstić information content (AvgIpc) is 2.45. The smallest absolute Gasteiger partial charge is 0.119 e. The molecule has 0 saturated heterocycles. The molecule has 0 saturated carbocycles. The number of nitrogen functional groups attached to an aromatic ring is 1. The third-order valence-electron chi connectivity index (χ3n) is 2.85. The van der Waals surface area contributed by atoms with E-state index in [1.165, 1.54) is 0 Å². The number of anilines is 1. The van der Waals surface area contributed by atoms with E-state index in [0.29, 0.717) is 17.9 Å². The third-order valence-corrected chi connectivity index (χ3v) is 2.85. The van der Waals surface area contributed by atoms with Gasteiger partial charge < -0.3 is 15.6 Å². The number of aromatic nitrogens is 1. The van der Waals surface area contributed by atoms with E-state index in [0.717, 1.165) is 17.7 Å². The third kappa shape index (κ3) is 3.23. The number of benzene rings is 1. The van der Waals surface area contributed by atoms with E-state index in [1.54, 1.807) is 18.5 Å². The number of nitrogens with zero attached hydrogens (tertiary/aromatic N) is 1. The molecule has 3 N–H and O–H groups in total. The minimum Gasteiger partial charge on any atom is -0.494 e. The highest BCUT2D eigenvalue weighted by molar-refractivity contribution is 5.48. The van der Waals surface area contributed by atoms with Crippen LogP contribution in [0.2, 0.25) is 0 Å². The lowest BCUT2D eigenvalue weighted by Crippen LogP contribution is -2.04. The van der Waals surface area contributed by atoms with E-state index in [9.17, 15) is 5.11 Å². The van der Waals surface area contributed by atoms with E-state index in [4.69, 9.17) is 10.5 Å². The summed E-state index contributed by atoms with van der Waals surface area (Å²) in [6.45, 7) is 2.75. The molecule has 19 heavy (non-hydrogen) atoms. The van der Waals surface area contributed by atoms with E-state index < -0.39 is 6.10 Å². The maximum absolute atomic E-state index is 10.3. The van der Waals surface area contributed by atoms with Crippen molar-refractivity contribution in [1.29, 1.82) is 0 Å². The Morgan fingerprint density at radius 1 is 1.26 bits per heavy atom. The van der Waals surface area contributed by atoms with Crippen molar-refractivity contribution in [1.82, 2.24) is 4.98 Å². The van der Waals surface area contributed by atoms with Crippen molar-refractivity contribution in [2.45, 2.75) is 19.4 Å². The van der Waals surface area contributed by atoms with Gasteiger partial charge in [0.25, 0.3) is 0 Å². The highest BCUT2D eigenvalue weighted by Crippen LogP contribution is 2.26. The van der Waals surface area contributed by atoms with E-state index in [2.05, 4.69) is 11.9 Å². The highest BCUT2D eigenvalue weighted by atomic mass is 16.5. The summed E-state index contributed by atoms with van der Waals surface area (Å²) in [4.78, 5) is 3.99. The van der Waals surface area contributed by atoms with Gasteiger partial charge in [-0.1, -0.05) is 19.1 Å². The van der Waals surface area contributed by atoms with Gasteiger partial charge in [0.2, 0.25) is 0 Å². The fourth-order valence-electron chi connectivity index (χ4n) is 1.79. The Hall–Kier alpha value is -2.07. The summed E-state index contributed by atoms with van der Waals surface area (Å²) in [5, 5.41) is 10.3. The van der Waals surface area contributed by atoms with Crippen molar-refractivity contribution in [3.8, 4) is 5.75 Å². The number of aliphatic hydroxyl groups excluding tert-OH is 1. The molecule has 0 fully saturated rings. The number of nitrogens with two attached hydrogens (primary N) is 1. The first-order valence-electron chi connectivity index (χ1n) is 6.32. The Morgan fingerprint density at radius 2 is 2.00 bits per heavy atom. The van der Waals surface area contributed by atoms with Gasteiger partial charge in [-0.3, -0.25) is 4.98 Å². The van der Waals surface area contributed by atoms with Crippen LogP contribution in [-0.4, -0.2) is 16.7 Å². The van der Waals surface area contributed by atoms with Gasteiger partial charge in [-0.2, -0.15) is 0 Å². The topological polar surface area (TPSA) is 68.4 Å². The molecule has 4 nitrogen and oxygen atoms in total. The standard InChI is InChI=1S/C15H18N2O2/c1-2-9-19-12-5-3-11(4-6-12)15(18)13-10-17-8-7-14(13)16/h3-8,10,15,18H,2,9H2,1H3,(H2,16,17). The van der Waals surface area contributed by atoms with Gasteiger partial charge in [-0.25, -0.2) is 0 Å². The van der Waals surface area contributed by atoms with Crippen LogP contribution in [0.25, 0.3) is 0 Å². The molecule has 4 heteroatoms. The molecule has 1 aromatic heterocycles. The number of hydrogen-bond acceptors (Lipinski definition) is 4. The zero-order valence-corrected chi connectivity index (χ0v) is 10.9. The lowest BCUT2D eigenvalue weighted by Gasteiger charge is -2.13. The molecule has 0 amide bonds. The first kappa shape index (κ1) is 13.4. The molecule has 2 aromatic rings. The van der Waals surface area contributed by atoms with Gasteiger partial charge >= 0.3 is 0 Å². The molecule has 0 aliphatic carbocycles. The molecule has 0 spiro atoms. The maximum Gasteiger partial charge on any atom is 0.119 e. The molecule has 1 unspecified atom stereocenters. The second kappa shape index (κ2) is 6.20. The summed E-state index contributed by atoms with van der Waals surface area (Å²) in [6.07, 6.45) is 3.39. The van der Waals surface area contributed by atoms with E-state index >= 15 is 0 Å². The molecular weight excluding hydrogens is 240 g/mol. The molecule has 0 aliphatic rings. The minimum absolute atomic E-state index is 0.536. The van der Waals surface area contributed by atoms with Gasteiger partial charge in [-0.15, -0.1) is 0 Å². The van der Waals surface area contributed by atoms with Crippen molar-refractivity contribution in [3.05, 3.63) is 53.9 Å². The summed E-state index contributed by atoms with van der Waals surface area (Å²) >= 11 is 0. The first-order valence-corrected chi connectivity index (χ1v) is 6.32. The van der Waals surface area contributed by atoms with Gasteiger partial charge in [0.15, 0.2) is 0 Å². The zero-order chi connectivity index (χ0) is 13.7. The van der Waals surface area contributed by atoms with Crippen LogP contribution in [0.5, 0.6) is 5.75 Å². The quantitative estimate of drug-likeness (QED) is 0.864. The normalized spacial score (nSPS) is 12.1. The number of rotatable bonds is 5. The van der Waals surface area contributed by atoms with Crippen LogP contribution in [-0.2, 0) is 0 Å². The molecule has 0 aliphatic heterocycles. The van der Waals surface area contributed by atoms with Crippen LogP contribution in [0, 0.1) is 0 Å². The van der Waals surface area contributed by atoms with Gasteiger partial charge in [0.1, 0.15) is 11.9 Å². The van der Waals surface area contributed by atoms with Crippen molar-refractivity contribution in [2.24, 2.45) is 0 Å². The summed E-state index contributed by atoms with van der Waals surface area (Å²) in [5.74, 6) is 0.803. The molecule has 1 atom stereocenters. The Morgan fingerprint density at radius 3 is 2.63 bits per heavy atom. The maximum atomic E-state index is 10.3. The predicted molar refractivity (Wildman–Crippen MR) is 74.9 cm³/mol. The van der Waals surface area contributed by atoms with Crippen LogP contribution >= 0.6 is 0 Å². The lowest BCUT2D eigenvalue weighted by atomic mass is 10.0. The molecule has 2 rings (SSSR count). The van der Waals surface area contributed by atoms with Crippen LogP contribution in [0.1, 0.15) is 30.6 Å². The molecule has 0 radical (unpaired) electrons. The van der Waals surface area contributed by atoms with Crippen LogP contribution < -0.4 is 10.5 Å². The molecular formula is C15H18N2O2. The largest absolute Gasteiger partial charge is 0.494 e. The fourth-order valence-corrected chi connectivity index (χ4v) is 1.79.